The van der Waals surface area contributed by atoms with Crippen molar-refractivity contribution in [2.75, 3.05) is 31.6 Å². The van der Waals surface area contributed by atoms with Crippen LogP contribution < -0.4 is 10.8 Å². The van der Waals surface area contributed by atoms with Gasteiger partial charge in [0.1, 0.15) is 23.3 Å². The first-order chi connectivity index (χ1) is 16.0. The van der Waals surface area contributed by atoms with Crippen molar-refractivity contribution in [2.24, 2.45) is 7.05 Å². The van der Waals surface area contributed by atoms with Crippen molar-refractivity contribution >= 4 is 18.0 Å². The minimum Gasteiger partial charge on any atom is -0.374 e. The molecule has 2 N–H and O–H groups in total. The molecular formula is C24H25FN6OS. The van der Waals surface area contributed by atoms with Crippen LogP contribution in [0, 0.1) is 27.3 Å². The number of halogens is 1. The molecule has 1 atom stereocenters. The average molecular weight is 465 g/mol. The zero-order valence-electron chi connectivity index (χ0n) is 18.3. The molecule has 0 aliphatic carbocycles. The molecule has 0 spiro atoms. The number of morpholine rings is 1. The second-order valence-electron chi connectivity index (χ2n) is 7.93. The van der Waals surface area contributed by atoms with Crippen LogP contribution in [0.5, 0.6) is 0 Å². The fourth-order valence-corrected chi connectivity index (χ4v) is 4.26. The Bertz CT molecular complexity index is 1280. The van der Waals surface area contributed by atoms with Crippen molar-refractivity contribution in [3.05, 3.63) is 81.8 Å². The number of rotatable bonds is 6. The summed E-state index contributed by atoms with van der Waals surface area (Å²) in [5, 5.41) is 21.7. The number of benzene rings is 2. The lowest BCUT2D eigenvalue weighted by molar-refractivity contribution is -0.0241. The average Bonchev–Trinajstić information content (AvgIpc) is 2.83. The van der Waals surface area contributed by atoms with Crippen LogP contribution in [0.15, 0.2) is 54.6 Å². The van der Waals surface area contributed by atoms with E-state index in [4.69, 9.17) is 22.4 Å². The summed E-state index contributed by atoms with van der Waals surface area (Å²) in [4.78, 5) is 2.26. The molecule has 1 aromatic heterocycles. The quantitative estimate of drug-likeness (QED) is 0.547. The molecule has 0 radical (unpaired) electrons. The van der Waals surface area contributed by atoms with Crippen LogP contribution in [-0.4, -0.2) is 46.4 Å². The van der Waals surface area contributed by atoms with Gasteiger partial charge in [0.05, 0.1) is 12.7 Å². The van der Waals surface area contributed by atoms with E-state index in [1.54, 1.807) is 28.3 Å². The Morgan fingerprint density at radius 3 is 2.64 bits per heavy atom. The van der Waals surface area contributed by atoms with Gasteiger partial charge in [0.15, 0.2) is 10.3 Å². The van der Waals surface area contributed by atoms with Crippen LogP contribution in [0.2, 0.25) is 0 Å². The highest BCUT2D eigenvalue weighted by Gasteiger charge is 2.22. The molecule has 3 aromatic rings. The molecular weight excluding hydrogens is 439 g/mol. The standard InChI is InChI=1S/C24H25FN6OS/c1-29-23(21(13-26)22(27)31(24(29)33)19-5-3-2-4-6-19)28-14-20-16-30(11-12-32-20)15-17-7-9-18(25)10-8-17/h2-10,20,27-28H,11-12,14-16H2,1H3. The number of ether oxygens (including phenoxy) is 1. The molecule has 1 saturated heterocycles. The molecule has 170 valence electrons. The van der Waals surface area contributed by atoms with Crippen molar-refractivity contribution < 1.29 is 9.13 Å². The molecule has 9 heteroatoms. The topological polar surface area (TPSA) is 82.0 Å². The largest absolute Gasteiger partial charge is 0.374 e. The number of aromatic nitrogens is 2. The number of nitrogens with zero attached hydrogens (tertiary/aromatic N) is 4. The van der Waals surface area contributed by atoms with Gasteiger partial charge in [0, 0.05) is 38.9 Å². The number of para-hydroxylation sites is 1. The minimum absolute atomic E-state index is 0.0387. The Kier molecular flexibility index (Phi) is 6.99. The lowest BCUT2D eigenvalue weighted by Crippen LogP contribution is -2.45. The normalized spacial score (nSPS) is 16.3. The highest BCUT2D eigenvalue weighted by atomic mass is 32.1. The van der Waals surface area contributed by atoms with Crippen molar-refractivity contribution in [1.29, 1.82) is 10.7 Å². The Balaban J connectivity index is 1.51. The predicted octanol–water partition coefficient (Wildman–Crippen LogP) is 3.35. The lowest BCUT2D eigenvalue weighted by atomic mass is 10.2. The number of hydrogen-bond donors (Lipinski definition) is 2. The van der Waals surface area contributed by atoms with E-state index in [0.29, 0.717) is 36.8 Å². The van der Waals surface area contributed by atoms with E-state index in [1.165, 1.54) is 12.1 Å². The van der Waals surface area contributed by atoms with Gasteiger partial charge in [-0.15, -0.1) is 0 Å². The van der Waals surface area contributed by atoms with Crippen LogP contribution in [0.25, 0.3) is 5.69 Å². The molecule has 2 heterocycles. The molecule has 0 saturated carbocycles. The Morgan fingerprint density at radius 2 is 1.94 bits per heavy atom. The maximum atomic E-state index is 13.2. The molecule has 33 heavy (non-hydrogen) atoms. The van der Waals surface area contributed by atoms with E-state index < -0.39 is 0 Å². The maximum Gasteiger partial charge on any atom is 0.187 e. The zero-order valence-corrected chi connectivity index (χ0v) is 19.1. The summed E-state index contributed by atoms with van der Waals surface area (Å²) in [6.07, 6.45) is -0.102. The fraction of sp³-hybridized carbons (Fsp3) is 0.292. The van der Waals surface area contributed by atoms with Gasteiger partial charge in [0.2, 0.25) is 0 Å². The highest BCUT2D eigenvalue weighted by Crippen LogP contribution is 2.16. The highest BCUT2D eigenvalue weighted by molar-refractivity contribution is 7.71. The van der Waals surface area contributed by atoms with Gasteiger partial charge in [-0.25, -0.2) is 4.39 Å². The second kappa shape index (κ2) is 10.1. The zero-order chi connectivity index (χ0) is 23.4. The molecule has 1 unspecified atom stereocenters. The van der Waals surface area contributed by atoms with Gasteiger partial charge in [0.25, 0.3) is 0 Å². The van der Waals surface area contributed by atoms with Crippen molar-refractivity contribution in [3.8, 4) is 11.8 Å². The summed E-state index contributed by atoms with van der Waals surface area (Å²) in [5.41, 5.74) is 2.04. The van der Waals surface area contributed by atoms with Gasteiger partial charge in [-0.1, -0.05) is 30.3 Å². The van der Waals surface area contributed by atoms with E-state index in [1.807, 2.05) is 30.3 Å². The maximum absolute atomic E-state index is 13.2. The number of nitrogens with one attached hydrogen (secondary N) is 2. The number of hydrogen-bond acceptors (Lipinski definition) is 6. The van der Waals surface area contributed by atoms with Crippen molar-refractivity contribution in [2.45, 2.75) is 12.6 Å². The van der Waals surface area contributed by atoms with Gasteiger partial charge < -0.3 is 14.6 Å². The third-order valence-corrected chi connectivity index (χ3v) is 6.13. The molecule has 1 aliphatic rings. The van der Waals surface area contributed by atoms with Gasteiger partial charge in [-0.3, -0.25) is 14.9 Å². The molecule has 2 aromatic carbocycles. The third kappa shape index (κ3) is 5.03. The Hall–Kier alpha value is -3.32. The molecule has 4 rings (SSSR count). The van der Waals surface area contributed by atoms with Crippen LogP contribution >= 0.6 is 12.2 Å². The van der Waals surface area contributed by atoms with Crippen molar-refractivity contribution in [1.82, 2.24) is 14.0 Å². The fourth-order valence-electron chi connectivity index (χ4n) is 3.97. The first-order valence-corrected chi connectivity index (χ1v) is 11.1. The molecule has 0 amide bonds. The predicted molar refractivity (Wildman–Crippen MR) is 126 cm³/mol. The Morgan fingerprint density at radius 1 is 1.21 bits per heavy atom. The first kappa shape index (κ1) is 22.9. The van der Waals surface area contributed by atoms with E-state index in [0.717, 1.165) is 17.8 Å². The third-order valence-electron chi connectivity index (χ3n) is 5.68. The molecule has 0 bridgehead atoms. The van der Waals surface area contributed by atoms with Gasteiger partial charge >= 0.3 is 0 Å². The molecule has 7 nitrogen and oxygen atoms in total. The van der Waals surface area contributed by atoms with E-state index >= 15 is 0 Å². The van der Waals surface area contributed by atoms with Crippen LogP contribution in [-0.2, 0) is 18.3 Å². The van der Waals surface area contributed by atoms with Gasteiger partial charge in [-0.05, 0) is 42.0 Å². The smallest absolute Gasteiger partial charge is 0.187 e. The Labute approximate surface area is 196 Å². The number of nitriles is 1. The first-order valence-electron chi connectivity index (χ1n) is 10.7. The summed E-state index contributed by atoms with van der Waals surface area (Å²) in [6, 6.07) is 18.0. The van der Waals surface area contributed by atoms with E-state index in [2.05, 4.69) is 16.3 Å². The SMILES string of the molecule is Cn1c(NCC2CN(Cc3ccc(F)cc3)CCO2)c(C#N)c(=N)n(-c2ccccc2)c1=S. The second-order valence-corrected chi connectivity index (χ2v) is 8.30. The monoisotopic (exact) mass is 464 g/mol. The van der Waals surface area contributed by atoms with Crippen LogP contribution in [0.1, 0.15) is 11.1 Å². The van der Waals surface area contributed by atoms with E-state index in [9.17, 15) is 9.65 Å². The lowest BCUT2D eigenvalue weighted by Gasteiger charge is -2.33. The van der Waals surface area contributed by atoms with Crippen molar-refractivity contribution in [3.63, 3.8) is 0 Å². The molecule has 1 aliphatic heterocycles. The summed E-state index contributed by atoms with van der Waals surface area (Å²) < 4.78 is 22.8. The van der Waals surface area contributed by atoms with Gasteiger partial charge in [-0.2, -0.15) is 5.26 Å². The van der Waals surface area contributed by atoms with E-state index in [-0.39, 0.29) is 23.0 Å². The van der Waals surface area contributed by atoms with Crippen LogP contribution in [0.3, 0.4) is 0 Å². The summed E-state index contributed by atoms with van der Waals surface area (Å²) >= 11 is 5.62. The molecule has 1 fully saturated rings. The summed E-state index contributed by atoms with van der Waals surface area (Å²) in [7, 11) is 1.78. The summed E-state index contributed by atoms with van der Waals surface area (Å²) in [6.45, 7) is 3.25. The minimum atomic E-state index is -0.240. The summed E-state index contributed by atoms with van der Waals surface area (Å²) in [5.74, 6) is 0.259. The number of anilines is 1. The van der Waals surface area contributed by atoms with Crippen LogP contribution in [0.4, 0.5) is 10.2 Å².